The van der Waals surface area contributed by atoms with Gasteiger partial charge in [0, 0.05) is 5.56 Å². The molecule has 1 aliphatic rings. The Morgan fingerprint density at radius 3 is 2.62 bits per heavy atom. The molecule has 0 spiro atoms. The fraction of sp³-hybridized carbons (Fsp3) is 0.148. The van der Waals surface area contributed by atoms with Gasteiger partial charge in [0.15, 0.2) is 0 Å². The van der Waals surface area contributed by atoms with Crippen LogP contribution < -0.4 is 9.64 Å². The van der Waals surface area contributed by atoms with Crippen LogP contribution in [0.4, 0.5) is 5.95 Å². The first kappa shape index (κ1) is 21.5. The molecule has 5 rings (SSSR count). The highest BCUT2D eigenvalue weighted by Crippen LogP contribution is 2.41. The van der Waals surface area contributed by atoms with E-state index in [0.29, 0.717) is 29.0 Å². The standard InChI is InChI=1S/C27H23N3O4/c1-3-34-19-11-7-10-18(15-19)24(31)22-23(17-8-5-4-6-9-17)30(26(33)25(22)32)27-28-20-13-12-16(2)14-21(20)29-27/h4-15,23,31H,3H2,1-2H3,(H,28,29)/b24-22+. The number of anilines is 1. The van der Waals surface area contributed by atoms with Gasteiger partial charge in [-0.1, -0.05) is 48.5 Å². The summed E-state index contributed by atoms with van der Waals surface area (Å²) < 4.78 is 5.54. The van der Waals surface area contributed by atoms with Crippen LogP contribution in [0.15, 0.2) is 78.4 Å². The summed E-state index contributed by atoms with van der Waals surface area (Å²) in [6.45, 7) is 4.29. The summed E-state index contributed by atoms with van der Waals surface area (Å²) in [7, 11) is 0. The number of rotatable bonds is 5. The number of H-pyrrole nitrogens is 1. The second-order valence-electron chi connectivity index (χ2n) is 8.12. The van der Waals surface area contributed by atoms with Crippen molar-refractivity contribution < 1.29 is 19.4 Å². The predicted molar refractivity (Wildman–Crippen MR) is 130 cm³/mol. The van der Waals surface area contributed by atoms with Crippen LogP contribution >= 0.6 is 0 Å². The highest BCUT2D eigenvalue weighted by atomic mass is 16.5. The van der Waals surface area contributed by atoms with Crippen molar-refractivity contribution in [3.05, 3.63) is 95.1 Å². The minimum Gasteiger partial charge on any atom is -0.507 e. The number of carbonyl (C=O) groups is 2. The first-order chi connectivity index (χ1) is 16.5. The second kappa shape index (κ2) is 8.51. The molecule has 2 N–H and O–H groups in total. The Kier molecular flexibility index (Phi) is 5.37. The third kappa shape index (κ3) is 3.61. The number of aromatic nitrogens is 2. The molecule has 0 saturated carbocycles. The van der Waals surface area contributed by atoms with Gasteiger partial charge in [0.2, 0.25) is 5.95 Å². The monoisotopic (exact) mass is 453 g/mol. The van der Waals surface area contributed by atoms with Crippen molar-refractivity contribution >= 4 is 34.4 Å². The highest BCUT2D eigenvalue weighted by Gasteiger charge is 2.48. The summed E-state index contributed by atoms with van der Waals surface area (Å²) in [5.41, 5.74) is 3.55. The number of amides is 1. The van der Waals surface area contributed by atoms with E-state index in [2.05, 4.69) is 9.97 Å². The van der Waals surface area contributed by atoms with Gasteiger partial charge in [-0.05, 0) is 49.2 Å². The molecule has 1 aromatic heterocycles. The highest BCUT2D eigenvalue weighted by molar-refractivity contribution is 6.51. The second-order valence-corrected chi connectivity index (χ2v) is 8.12. The van der Waals surface area contributed by atoms with Gasteiger partial charge in [-0.15, -0.1) is 0 Å². The average Bonchev–Trinajstić information content (AvgIpc) is 3.37. The lowest BCUT2D eigenvalue weighted by Gasteiger charge is -2.23. The van der Waals surface area contributed by atoms with Crippen LogP contribution in [0.3, 0.4) is 0 Å². The Bertz CT molecular complexity index is 1440. The van der Waals surface area contributed by atoms with Gasteiger partial charge < -0.3 is 14.8 Å². The minimum atomic E-state index is -0.849. The number of aromatic amines is 1. The first-order valence-electron chi connectivity index (χ1n) is 11.0. The SMILES string of the molecule is CCOc1cccc(/C(O)=C2\C(=O)C(=O)N(c3nc4ccc(C)cc4[nH]3)C2c2ccccc2)c1. The van der Waals surface area contributed by atoms with E-state index in [4.69, 9.17) is 4.74 Å². The Morgan fingerprint density at radius 1 is 1.06 bits per heavy atom. The van der Waals surface area contributed by atoms with Crippen LogP contribution in [0.1, 0.15) is 29.7 Å². The van der Waals surface area contributed by atoms with Gasteiger partial charge in [-0.25, -0.2) is 4.98 Å². The Balaban J connectivity index is 1.70. The van der Waals surface area contributed by atoms with Crippen molar-refractivity contribution in [2.45, 2.75) is 19.9 Å². The van der Waals surface area contributed by atoms with E-state index in [9.17, 15) is 14.7 Å². The van der Waals surface area contributed by atoms with Crippen molar-refractivity contribution in [1.29, 1.82) is 0 Å². The Morgan fingerprint density at radius 2 is 1.85 bits per heavy atom. The summed E-state index contributed by atoms with van der Waals surface area (Å²) in [6.07, 6.45) is 0. The molecule has 1 atom stereocenters. The average molecular weight is 453 g/mol. The number of ketones is 1. The van der Waals surface area contributed by atoms with Crippen molar-refractivity contribution in [1.82, 2.24) is 9.97 Å². The number of nitrogens with one attached hydrogen (secondary N) is 1. The number of imidazole rings is 1. The van der Waals surface area contributed by atoms with Gasteiger partial charge in [-0.2, -0.15) is 0 Å². The molecule has 1 fully saturated rings. The van der Waals surface area contributed by atoms with E-state index in [1.54, 1.807) is 24.3 Å². The maximum atomic E-state index is 13.3. The van der Waals surface area contributed by atoms with E-state index in [0.717, 1.165) is 11.1 Å². The third-order valence-corrected chi connectivity index (χ3v) is 5.83. The van der Waals surface area contributed by atoms with Gasteiger partial charge in [0.25, 0.3) is 5.78 Å². The van der Waals surface area contributed by atoms with Crippen LogP contribution in [-0.2, 0) is 9.59 Å². The fourth-order valence-electron chi connectivity index (χ4n) is 4.28. The quantitative estimate of drug-likeness (QED) is 0.255. The van der Waals surface area contributed by atoms with E-state index in [1.165, 1.54) is 4.90 Å². The number of hydrogen-bond acceptors (Lipinski definition) is 5. The predicted octanol–water partition coefficient (Wildman–Crippen LogP) is 4.90. The van der Waals surface area contributed by atoms with E-state index in [-0.39, 0.29) is 17.3 Å². The van der Waals surface area contributed by atoms with E-state index >= 15 is 0 Å². The number of benzene rings is 3. The number of aliphatic hydroxyl groups excluding tert-OH is 1. The molecule has 1 aliphatic heterocycles. The maximum Gasteiger partial charge on any atom is 0.302 e. The summed E-state index contributed by atoms with van der Waals surface area (Å²) in [5.74, 6) is -0.983. The lowest BCUT2D eigenvalue weighted by molar-refractivity contribution is -0.132. The molecule has 4 aromatic rings. The lowest BCUT2D eigenvalue weighted by Crippen LogP contribution is -2.30. The maximum absolute atomic E-state index is 13.3. The van der Waals surface area contributed by atoms with Crippen LogP contribution in [0.5, 0.6) is 5.75 Å². The zero-order valence-electron chi connectivity index (χ0n) is 18.8. The number of ether oxygens (including phenoxy) is 1. The van der Waals surface area contributed by atoms with Crippen molar-refractivity contribution in [3.63, 3.8) is 0 Å². The Hall–Kier alpha value is -4.39. The molecule has 3 aromatic carbocycles. The number of Topliss-reactive ketones (excluding diaryl/α,β-unsaturated/α-hetero) is 1. The molecule has 0 aliphatic carbocycles. The lowest BCUT2D eigenvalue weighted by atomic mass is 9.95. The molecule has 7 heteroatoms. The van der Waals surface area contributed by atoms with Gasteiger partial charge in [0.05, 0.1) is 29.3 Å². The number of hydrogen-bond donors (Lipinski definition) is 2. The summed E-state index contributed by atoms with van der Waals surface area (Å²) in [6, 6.07) is 20.8. The summed E-state index contributed by atoms with van der Waals surface area (Å²) in [5, 5.41) is 11.3. The summed E-state index contributed by atoms with van der Waals surface area (Å²) >= 11 is 0. The number of fused-ring (bicyclic) bond motifs is 1. The number of carbonyl (C=O) groups excluding carboxylic acids is 2. The van der Waals surface area contributed by atoms with Crippen molar-refractivity contribution in [2.75, 3.05) is 11.5 Å². The van der Waals surface area contributed by atoms with Crippen LogP contribution in [-0.4, -0.2) is 33.4 Å². The Labute approximate surface area is 196 Å². The molecular weight excluding hydrogens is 430 g/mol. The van der Waals surface area contributed by atoms with Gasteiger partial charge >= 0.3 is 5.91 Å². The molecule has 170 valence electrons. The molecular formula is C27H23N3O4. The number of aliphatic hydroxyl groups is 1. The topological polar surface area (TPSA) is 95.5 Å². The summed E-state index contributed by atoms with van der Waals surface area (Å²) in [4.78, 5) is 35.7. The van der Waals surface area contributed by atoms with Gasteiger partial charge in [0.1, 0.15) is 11.5 Å². The van der Waals surface area contributed by atoms with Crippen LogP contribution in [0.2, 0.25) is 0 Å². The molecule has 0 bridgehead atoms. The molecule has 7 nitrogen and oxygen atoms in total. The fourth-order valence-corrected chi connectivity index (χ4v) is 4.28. The smallest absolute Gasteiger partial charge is 0.302 e. The zero-order chi connectivity index (χ0) is 23.8. The molecule has 2 heterocycles. The molecule has 1 saturated heterocycles. The number of nitrogens with zero attached hydrogens (tertiary/aromatic N) is 2. The third-order valence-electron chi connectivity index (χ3n) is 5.83. The molecule has 1 unspecified atom stereocenters. The largest absolute Gasteiger partial charge is 0.507 e. The van der Waals surface area contributed by atoms with Crippen molar-refractivity contribution in [3.8, 4) is 5.75 Å². The zero-order valence-corrected chi connectivity index (χ0v) is 18.8. The first-order valence-corrected chi connectivity index (χ1v) is 11.0. The normalized spacial score (nSPS) is 17.5. The minimum absolute atomic E-state index is 0.00138. The van der Waals surface area contributed by atoms with E-state index in [1.807, 2.05) is 62.4 Å². The van der Waals surface area contributed by atoms with Crippen LogP contribution in [0, 0.1) is 6.92 Å². The van der Waals surface area contributed by atoms with Crippen molar-refractivity contribution in [2.24, 2.45) is 0 Å². The van der Waals surface area contributed by atoms with E-state index < -0.39 is 17.7 Å². The molecule has 0 radical (unpaired) electrons. The number of aryl methyl sites for hydroxylation is 1. The van der Waals surface area contributed by atoms with Gasteiger partial charge in [-0.3, -0.25) is 14.5 Å². The molecule has 1 amide bonds. The van der Waals surface area contributed by atoms with Crippen LogP contribution in [0.25, 0.3) is 16.8 Å². The molecule has 34 heavy (non-hydrogen) atoms.